The van der Waals surface area contributed by atoms with Crippen LogP contribution in [-0.2, 0) is 17.6 Å². The van der Waals surface area contributed by atoms with Gasteiger partial charge in [0.05, 0.1) is 12.2 Å². The predicted octanol–water partition coefficient (Wildman–Crippen LogP) is 1.91. The molecule has 0 spiro atoms. The molecule has 2 rings (SSSR count). The van der Waals surface area contributed by atoms with E-state index in [-0.39, 0.29) is 11.5 Å². The number of amides is 1. The van der Waals surface area contributed by atoms with Crippen molar-refractivity contribution in [3.8, 4) is 0 Å². The van der Waals surface area contributed by atoms with Gasteiger partial charge in [-0.25, -0.2) is 0 Å². The molecule has 2 N–H and O–H groups in total. The van der Waals surface area contributed by atoms with Gasteiger partial charge in [0.25, 0.3) is 0 Å². The maximum absolute atomic E-state index is 13.0. The standard InChI is InChI=1S/C14H17F3N2O2/c1-18-13(21)12-3-2-6-19(12)10-5-4-9(8-20)11(7-10)14(15,16)17/h4-5,7,12,20H,2-3,6,8H2,1H3,(H,18,21). The number of likely N-dealkylation sites (N-methyl/N-ethyl adjacent to an activating group) is 1. The van der Waals surface area contributed by atoms with Crippen LogP contribution in [0.15, 0.2) is 18.2 Å². The minimum atomic E-state index is -4.53. The van der Waals surface area contributed by atoms with Crippen LogP contribution in [0.5, 0.6) is 0 Å². The van der Waals surface area contributed by atoms with Crippen molar-refractivity contribution < 1.29 is 23.1 Å². The number of halogens is 3. The molecule has 1 aliphatic heterocycles. The molecule has 0 bridgehead atoms. The first-order valence-electron chi connectivity index (χ1n) is 6.67. The summed E-state index contributed by atoms with van der Waals surface area (Å²) in [6.07, 6.45) is -3.17. The van der Waals surface area contributed by atoms with E-state index < -0.39 is 24.4 Å². The van der Waals surface area contributed by atoms with E-state index in [2.05, 4.69) is 5.32 Å². The number of hydrogen-bond acceptors (Lipinski definition) is 3. The van der Waals surface area contributed by atoms with Crippen molar-refractivity contribution in [3.05, 3.63) is 29.3 Å². The second kappa shape index (κ2) is 5.93. The van der Waals surface area contributed by atoms with Gasteiger partial charge in [0, 0.05) is 19.3 Å². The van der Waals surface area contributed by atoms with E-state index in [0.717, 1.165) is 12.5 Å². The Morgan fingerprint density at radius 1 is 1.48 bits per heavy atom. The number of nitrogens with zero attached hydrogens (tertiary/aromatic N) is 1. The van der Waals surface area contributed by atoms with Gasteiger partial charge >= 0.3 is 6.18 Å². The molecule has 1 atom stereocenters. The Kier molecular flexibility index (Phi) is 4.41. The van der Waals surface area contributed by atoms with Gasteiger partial charge in [0.15, 0.2) is 0 Å². The lowest BCUT2D eigenvalue weighted by atomic mass is 10.1. The SMILES string of the molecule is CNC(=O)C1CCCN1c1ccc(CO)c(C(F)(F)F)c1. The summed E-state index contributed by atoms with van der Waals surface area (Å²) in [5.74, 6) is -0.202. The summed E-state index contributed by atoms with van der Waals surface area (Å²) in [6.45, 7) is -0.137. The van der Waals surface area contributed by atoms with Crippen LogP contribution in [0.1, 0.15) is 24.0 Å². The average Bonchev–Trinajstić information content (AvgIpc) is 2.94. The largest absolute Gasteiger partial charge is 0.416 e. The maximum atomic E-state index is 13.0. The number of rotatable bonds is 3. The second-order valence-corrected chi connectivity index (χ2v) is 4.96. The Hall–Kier alpha value is -1.76. The van der Waals surface area contributed by atoms with Gasteiger partial charge in [-0.2, -0.15) is 13.2 Å². The van der Waals surface area contributed by atoms with E-state index in [1.54, 1.807) is 4.90 Å². The third-order valence-corrected chi connectivity index (χ3v) is 3.70. The Labute approximate surface area is 120 Å². The third-order valence-electron chi connectivity index (χ3n) is 3.70. The molecular weight excluding hydrogens is 285 g/mol. The highest BCUT2D eigenvalue weighted by atomic mass is 19.4. The molecule has 116 valence electrons. The third kappa shape index (κ3) is 3.12. The van der Waals surface area contributed by atoms with Crippen molar-refractivity contribution in [1.29, 1.82) is 0 Å². The van der Waals surface area contributed by atoms with Crippen molar-refractivity contribution >= 4 is 11.6 Å². The topological polar surface area (TPSA) is 52.6 Å². The van der Waals surface area contributed by atoms with Crippen molar-refractivity contribution in [1.82, 2.24) is 5.32 Å². The number of benzene rings is 1. The van der Waals surface area contributed by atoms with E-state index >= 15 is 0 Å². The molecule has 1 fully saturated rings. The summed E-state index contributed by atoms with van der Waals surface area (Å²) >= 11 is 0. The first-order chi connectivity index (χ1) is 9.88. The maximum Gasteiger partial charge on any atom is 0.416 e. The van der Waals surface area contributed by atoms with Crippen molar-refractivity contribution in [3.63, 3.8) is 0 Å². The lowest BCUT2D eigenvalue weighted by molar-refractivity contribution is -0.138. The summed E-state index contributed by atoms with van der Waals surface area (Å²) in [5, 5.41) is 11.6. The second-order valence-electron chi connectivity index (χ2n) is 4.96. The monoisotopic (exact) mass is 302 g/mol. The number of nitrogens with one attached hydrogen (secondary N) is 1. The van der Waals surface area contributed by atoms with Crippen LogP contribution in [0, 0.1) is 0 Å². The van der Waals surface area contributed by atoms with E-state index in [9.17, 15) is 18.0 Å². The van der Waals surface area contributed by atoms with Gasteiger partial charge in [0.2, 0.25) is 5.91 Å². The van der Waals surface area contributed by atoms with Crippen molar-refractivity contribution in [2.24, 2.45) is 0 Å². The Bertz CT molecular complexity index is 531. The lowest BCUT2D eigenvalue weighted by Crippen LogP contribution is -2.42. The summed E-state index contributed by atoms with van der Waals surface area (Å²) in [6, 6.07) is 3.34. The predicted molar refractivity (Wildman–Crippen MR) is 71.8 cm³/mol. The van der Waals surface area contributed by atoms with Gasteiger partial charge in [-0.15, -0.1) is 0 Å². The van der Waals surface area contributed by atoms with Crippen molar-refractivity contribution in [2.75, 3.05) is 18.5 Å². The molecular formula is C14H17F3N2O2. The molecule has 1 amide bonds. The lowest BCUT2D eigenvalue weighted by Gasteiger charge is -2.26. The minimum absolute atomic E-state index is 0.165. The zero-order chi connectivity index (χ0) is 15.6. The molecule has 0 saturated carbocycles. The van der Waals surface area contributed by atoms with E-state index in [1.807, 2.05) is 0 Å². The molecule has 0 aromatic heterocycles. The fourth-order valence-corrected chi connectivity index (χ4v) is 2.66. The van der Waals surface area contributed by atoms with Crippen LogP contribution < -0.4 is 10.2 Å². The Morgan fingerprint density at radius 3 is 2.76 bits per heavy atom. The number of alkyl halides is 3. The first kappa shape index (κ1) is 15.6. The zero-order valence-corrected chi connectivity index (χ0v) is 11.6. The number of carbonyl (C=O) groups is 1. The van der Waals surface area contributed by atoms with Crippen LogP contribution in [-0.4, -0.2) is 30.6 Å². The fraction of sp³-hybridized carbons (Fsp3) is 0.500. The van der Waals surface area contributed by atoms with Gasteiger partial charge in [-0.3, -0.25) is 4.79 Å². The number of hydrogen-bond donors (Lipinski definition) is 2. The van der Waals surface area contributed by atoms with Crippen LogP contribution in [0.2, 0.25) is 0 Å². The molecule has 0 radical (unpaired) electrons. The molecule has 4 nitrogen and oxygen atoms in total. The molecule has 0 aliphatic carbocycles. The Morgan fingerprint density at radius 2 is 2.19 bits per heavy atom. The van der Waals surface area contributed by atoms with Gasteiger partial charge in [-0.05, 0) is 30.5 Å². The van der Waals surface area contributed by atoms with E-state index in [1.165, 1.54) is 19.2 Å². The molecule has 1 unspecified atom stereocenters. The molecule has 1 saturated heterocycles. The smallest absolute Gasteiger partial charge is 0.392 e. The summed E-state index contributed by atoms with van der Waals surface area (Å²) in [7, 11) is 1.51. The molecule has 1 aromatic carbocycles. The number of carbonyl (C=O) groups excluding carboxylic acids is 1. The quantitative estimate of drug-likeness (QED) is 0.897. The Balaban J connectivity index is 2.38. The highest BCUT2D eigenvalue weighted by Gasteiger charge is 2.36. The minimum Gasteiger partial charge on any atom is -0.392 e. The molecule has 21 heavy (non-hydrogen) atoms. The normalized spacial score (nSPS) is 18.9. The van der Waals surface area contributed by atoms with E-state index in [4.69, 9.17) is 5.11 Å². The van der Waals surface area contributed by atoms with Crippen molar-refractivity contribution in [2.45, 2.75) is 31.7 Å². The summed E-state index contributed by atoms with van der Waals surface area (Å²) < 4.78 is 39.0. The first-order valence-corrected chi connectivity index (χ1v) is 6.67. The van der Waals surface area contributed by atoms with Crippen LogP contribution >= 0.6 is 0 Å². The van der Waals surface area contributed by atoms with E-state index in [0.29, 0.717) is 18.7 Å². The van der Waals surface area contributed by atoms with Gasteiger partial charge in [0.1, 0.15) is 6.04 Å². The highest BCUT2D eigenvalue weighted by Crippen LogP contribution is 2.36. The number of anilines is 1. The average molecular weight is 302 g/mol. The zero-order valence-electron chi connectivity index (χ0n) is 11.6. The molecule has 1 aromatic rings. The number of aliphatic hydroxyl groups excluding tert-OH is 1. The summed E-state index contributed by atoms with van der Waals surface area (Å²) in [4.78, 5) is 13.5. The van der Waals surface area contributed by atoms with Crippen LogP contribution in [0.3, 0.4) is 0 Å². The fourth-order valence-electron chi connectivity index (χ4n) is 2.66. The van der Waals surface area contributed by atoms with Crippen LogP contribution in [0.4, 0.5) is 18.9 Å². The molecule has 7 heteroatoms. The highest BCUT2D eigenvalue weighted by molar-refractivity contribution is 5.85. The van der Waals surface area contributed by atoms with Crippen LogP contribution in [0.25, 0.3) is 0 Å². The van der Waals surface area contributed by atoms with Gasteiger partial charge in [-0.1, -0.05) is 6.07 Å². The molecule has 1 aliphatic rings. The molecule has 1 heterocycles. The van der Waals surface area contributed by atoms with Gasteiger partial charge < -0.3 is 15.3 Å². The summed E-state index contributed by atoms with van der Waals surface area (Å²) in [5.41, 5.74) is -0.669. The number of aliphatic hydroxyl groups is 1.